The van der Waals surface area contributed by atoms with Crippen LogP contribution < -0.4 is 0 Å². The highest BCUT2D eigenvalue weighted by molar-refractivity contribution is 8.00. The summed E-state index contributed by atoms with van der Waals surface area (Å²) in [7, 11) is 1.26. The van der Waals surface area contributed by atoms with Gasteiger partial charge >= 0.3 is 6.18 Å². The van der Waals surface area contributed by atoms with Crippen molar-refractivity contribution in [3.05, 3.63) is 41.7 Å². The van der Waals surface area contributed by atoms with Crippen LogP contribution in [0.4, 0.5) is 13.2 Å². The summed E-state index contributed by atoms with van der Waals surface area (Å²) >= 11 is 0.998. The van der Waals surface area contributed by atoms with Crippen molar-refractivity contribution in [2.75, 3.05) is 13.1 Å². The highest BCUT2D eigenvalue weighted by atomic mass is 32.2. The summed E-state index contributed by atoms with van der Waals surface area (Å²) in [6.07, 6.45) is -2.69. The van der Waals surface area contributed by atoms with Crippen LogP contribution in [0, 0.1) is 0 Å². The van der Waals surface area contributed by atoms with Crippen LogP contribution in [0.2, 0.25) is 0 Å². The Kier molecular flexibility index (Phi) is 5.03. The first-order valence-electron chi connectivity index (χ1n) is 7.85. The van der Waals surface area contributed by atoms with E-state index in [1.165, 1.54) is 7.05 Å². The molecule has 134 valence electrons. The molecule has 1 fully saturated rings. The summed E-state index contributed by atoms with van der Waals surface area (Å²) in [4.78, 5) is 14.6. The molecule has 1 aromatic heterocycles. The number of likely N-dealkylation sites (tertiary alicyclic amines) is 1. The summed E-state index contributed by atoms with van der Waals surface area (Å²) in [6.45, 7) is 1.35. The van der Waals surface area contributed by atoms with Gasteiger partial charge in [0.05, 0.1) is 0 Å². The van der Waals surface area contributed by atoms with E-state index in [0.29, 0.717) is 13.1 Å². The molecule has 9 heteroatoms. The van der Waals surface area contributed by atoms with Crippen LogP contribution in [0.25, 0.3) is 0 Å². The molecule has 1 aromatic carbocycles. The summed E-state index contributed by atoms with van der Waals surface area (Å²) in [5.41, 5.74) is 0.737. The van der Waals surface area contributed by atoms with Crippen molar-refractivity contribution in [1.82, 2.24) is 19.7 Å². The Morgan fingerprint density at radius 3 is 2.36 bits per heavy atom. The molecule has 3 rings (SSSR count). The largest absolute Gasteiger partial charge is 0.451 e. The molecule has 0 spiro atoms. The zero-order chi connectivity index (χ0) is 18.0. The average molecular weight is 370 g/mol. The van der Waals surface area contributed by atoms with Crippen molar-refractivity contribution >= 4 is 17.7 Å². The van der Waals surface area contributed by atoms with Gasteiger partial charge in [0.1, 0.15) is 5.25 Å². The van der Waals surface area contributed by atoms with Crippen LogP contribution in [-0.4, -0.2) is 38.7 Å². The standard InChI is InChI=1S/C16H17F3N4OS/c1-22-14(16(17,18)19)20-21-15(22)25-12(11-7-3-2-4-8-11)13(24)23-9-5-6-10-23/h2-4,7-8,12H,5-6,9-10H2,1H3/t12-/m0/s1. The number of hydrogen-bond acceptors (Lipinski definition) is 4. The topological polar surface area (TPSA) is 51.0 Å². The highest BCUT2D eigenvalue weighted by Gasteiger charge is 2.38. The van der Waals surface area contributed by atoms with Crippen LogP contribution in [0.15, 0.2) is 35.5 Å². The molecule has 5 nitrogen and oxygen atoms in total. The summed E-state index contributed by atoms with van der Waals surface area (Å²) in [6, 6.07) is 9.03. The molecule has 0 N–H and O–H groups in total. The van der Waals surface area contributed by atoms with Gasteiger partial charge in [0.25, 0.3) is 0 Å². The summed E-state index contributed by atoms with van der Waals surface area (Å²) < 4.78 is 39.6. The maximum absolute atomic E-state index is 12.9. The van der Waals surface area contributed by atoms with Crippen molar-refractivity contribution in [2.24, 2.45) is 7.05 Å². The van der Waals surface area contributed by atoms with Gasteiger partial charge in [-0.1, -0.05) is 42.1 Å². The molecule has 25 heavy (non-hydrogen) atoms. The summed E-state index contributed by atoms with van der Waals surface area (Å²) in [5.74, 6) is -1.18. The van der Waals surface area contributed by atoms with Gasteiger partial charge in [-0.2, -0.15) is 13.2 Å². The molecule has 2 heterocycles. The number of nitrogens with zero attached hydrogens (tertiary/aromatic N) is 4. The van der Waals surface area contributed by atoms with Gasteiger partial charge in [-0.05, 0) is 18.4 Å². The number of rotatable bonds is 4. The minimum atomic E-state index is -4.58. The predicted octanol–water partition coefficient (Wildman–Crippen LogP) is 3.29. The highest BCUT2D eigenvalue weighted by Crippen LogP contribution is 2.38. The minimum absolute atomic E-state index is 0.0636. The second-order valence-corrected chi connectivity index (χ2v) is 6.88. The number of hydrogen-bond donors (Lipinski definition) is 0. The fourth-order valence-electron chi connectivity index (χ4n) is 2.76. The lowest BCUT2D eigenvalue weighted by molar-refractivity contribution is -0.147. The number of alkyl halides is 3. The van der Waals surface area contributed by atoms with Crippen LogP contribution >= 0.6 is 11.8 Å². The van der Waals surface area contributed by atoms with Crippen LogP contribution in [0.5, 0.6) is 0 Å². The Balaban J connectivity index is 1.90. The Morgan fingerprint density at radius 1 is 1.16 bits per heavy atom. The normalized spacial score (nSPS) is 16.2. The van der Waals surface area contributed by atoms with E-state index in [2.05, 4.69) is 10.2 Å². The molecule has 1 saturated heterocycles. The lowest BCUT2D eigenvalue weighted by atomic mass is 10.1. The van der Waals surface area contributed by atoms with Crippen LogP contribution in [0.3, 0.4) is 0 Å². The molecular formula is C16H17F3N4OS. The van der Waals surface area contributed by atoms with Crippen molar-refractivity contribution in [1.29, 1.82) is 0 Å². The third-order valence-electron chi connectivity index (χ3n) is 4.06. The van der Waals surface area contributed by atoms with E-state index in [-0.39, 0.29) is 11.1 Å². The molecule has 1 atom stereocenters. The molecular weight excluding hydrogens is 353 g/mol. The number of halogens is 3. The molecule has 0 bridgehead atoms. The fourth-order valence-corrected chi connectivity index (χ4v) is 3.85. The van der Waals surface area contributed by atoms with Gasteiger partial charge in [0.2, 0.25) is 11.7 Å². The quantitative estimate of drug-likeness (QED) is 0.775. The van der Waals surface area contributed by atoms with E-state index in [4.69, 9.17) is 0 Å². The van der Waals surface area contributed by atoms with Crippen LogP contribution in [-0.2, 0) is 18.0 Å². The average Bonchev–Trinajstić information content (AvgIpc) is 3.22. The fraction of sp³-hybridized carbons (Fsp3) is 0.438. The lowest BCUT2D eigenvalue weighted by Crippen LogP contribution is -2.31. The smallest absolute Gasteiger partial charge is 0.341 e. The van der Waals surface area contributed by atoms with Crippen LogP contribution in [0.1, 0.15) is 29.5 Å². The van der Waals surface area contributed by atoms with Crippen molar-refractivity contribution in [3.63, 3.8) is 0 Å². The van der Waals surface area contributed by atoms with Crippen molar-refractivity contribution in [2.45, 2.75) is 29.4 Å². The predicted molar refractivity (Wildman–Crippen MR) is 86.9 cm³/mol. The lowest BCUT2D eigenvalue weighted by Gasteiger charge is -2.22. The molecule has 0 radical (unpaired) electrons. The maximum Gasteiger partial charge on any atom is 0.451 e. The second kappa shape index (κ2) is 7.07. The first-order chi connectivity index (χ1) is 11.9. The maximum atomic E-state index is 12.9. The van der Waals surface area contributed by atoms with Gasteiger partial charge in [-0.3, -0.25) is 4.79 Å². The monoisotopic (exact) mass is 370 g/mol. The first-order valence-corrected chi connectivity index (χ1v) is 8.73. The second-order valence-electron chi connectivity index (χ2n) is 5.80. The Hall–Kier alpha value is -2.03. The molecule has 2 aromatic rings. The third-order valence-corrected chi connectivity index (χ3v) is 5.33. The summed E-state index contributed by atoms with van der Waals surface area (Å²) in [5, 5.41) is 6.29. The van der Waals surface area contributed by atoms with Gasteiger partial charge in [-0.25, -0.2) is 0 Å². The van der Waals surface area contributed by atoms with Gasteiger partial charge in [-0.15, -0.1) is 10.2 Å². The molecule has 1 amide bonds. The van der Waals surface area contributed by atoms with Gasteiger partial charge in [0, 0.05) is 20.1 Å². The van der Waals surface area contributed by atoms with E-state index in [1.807, 2.05) is 6.07 Å². The van der Waals surface area contributed by atoms with E-state index < -0.39 is 17.3 Å². The van der Waals surface area contributed by atoms with Gasteiger partial charge < -0.3 is 9.47 Å². The van der Waals surface area contributed by atoms with E-state index in [0.717, 1.165) is 34.7 Å². The Bertz CT molecular complexity index is 742. The van der Waals surface area contributed by atoms with Gasteiger partial charge in [0.15, 0.2) is 5.16 Å². The van der Waals surface area contributed by atoms with E-state index in [1.54, 1.807) is 29.2 Å². The number of carbonyl (C=O) groups is 1. The number of carbonyl (C=O) groups excluding carboxylic acids is 1. The molecule has 1 aliphatic rings. The zero-order valence-corrected chi connectivity index (χ0v) is 14.3. The van der Waals surface area contributed by atoms with Crippen molar-refractivity contribution in [3.8, 4) is 0 Å². The van der Waals surface area contributed by atoms with Crippen molar-refractivity contribution < 1.29 is 18.0 Å². The first kappa shape index (κ1) is 17.8. The Labute approximate surface area is 147 Å². The Morgan fingerprint density at radius 2 is 1.80 bits per heavy atom. The third kappa shape index (κ3) is 3.81. The molecule has 0 unspecified atom stereocenters. The molecule has 0 saturated carbocycles. The number of aromatic nitrogens is 3. The molecule has 1 aliphatic heterocycles. The number of thioether (sulfide) groups is 1. The van der Waals surface area contributed by atoms with E-state index >= 15 is 0 Å². The molecule has 0 aliphatic carbocycles. The number of benzene rings is 1. The SMILES string of the molecule is Cn1c(S[C@H](C(=O)N2CCCC2)c2ccccc2)nnc1C(F)(F)F. The number of amides is 1. The van der Waals surface area contributed by atoms with E-state index in [9.17, 15) is 18.0 Å². The minimum Gasteiger partial charge on any atom is -0.341 e. The zero-order valence-electron chi connectivity index (χ0n) is 13.5.